The molecular weight excluding hydrogens is 348 g/mol. The van der Waals surface area contributed by atoms with Gasteiger partial charge >= 0.3 is 0 Å². The van der Waals surface area contributed by atoms with E-state index in [4.69, 9.17) is 4.74 Å². The van der Waals surface area contributed by atoms with Crippen LogP contribution in [0, 0.1) is 5.92 Å². The number of aliphatic imine (C=N–C) groups is 1. The monoisotopic (exact) mass is 388 g/mol. The van der Waals surface area contributed by atoms with Crippen molar-refractivity contribution in [2.24, 2.45) is 10.9 Å². The van der Waals surface area contributed by atoms with Crippen LogP contribution in [0.1, 0.15) is 50.2 Å². The molecule has 0 saturated carbocycles. The lowest BCUT2D eigenvalue weighted by molar-refractivity contribution is 0.121. The Morgan fingerprint density at radius 2 is 1.89 bits per heavy atom. The van der Waals surface area contributed by atoms with Crippen molar-refractivity contribution in [1.82, 2.24) is 15.5 Å². The van der Waals surface area contributed by atoms with E-state index >= 15 is 0 Å². The highest BCUT2D eigenvalue weighted by molar-refractivity contribution is 5.79. The average Bonchev–Trinajstić information content (AvgIpc) is 2.72. The molecule has 1 fully saturated rings. The SMILES string of the molecule is CN=C(NCCCc1ccc(C(C)C)cc1)NCC1CCN(CCOC)CC1. The summed E-state index contributed by atoms with van der Waals surface area (Å²) in [6.07, 6.45) is 4.71. The zero-order chi connectivity index (χ0) is 20.2. The summed E-state index contributed by atoms with van der Waals surface area (Å²) >= 11 is 0. The molecular formula is C23H40N4O. The van der Waals surface area contributed by atoms with Crippen molar-refractivity contribution >= 4 is 5.96 Å². The average molecular weight is 389 g/mol. The van der Waals surface area contributed by atoms with Crippen LogP contribution in [0.2, 0.25) is 0 Å². The van der Waals surface area contributed by atoms with Crippen molar-refractivity contribution in [2.45, 2.75) is 45.4 Å². The summed E-state index contributed by atoms with van der Waals surface area (Å²) in [4.78, 5) is 6.87. The van der Waals surface area contributed by atoms with Crippen LogP contribution in [0.5, 0.6) is 0 Å². The highest BCUT2D eigenvalue weighted by atomic mass is 16.5. The first kappa shape index (κ1) is 22.7. The highest BCUT2D eigenvalue weighted by Crippen LogP contribution is 2.16. The minimum atomic E-state index is 0.600. The Labute approximate surface area is 171 Å². The maximum atomic E-state index is 5.18. The van der Waals surface area contributed by atoms with Gasteiger partial charge < -0.3 is 20.3 Å². The number of ether oxygens (including phenoxy) is 1. The van der Waals surface area contributed by atoms with Gasteiger partial charge in [0.15, 0.2) is 5.96 Å². The molecule has 1 aliphatic rings. The standard InChI is InChI=1S/C23H40N4O/c1-19(2)22-9-7-20(8-10-22)6-5-13-25-23(24-3)26-18-21-11-14-27(15-12-21)16-17-28-4/h7-10,19,21H,5-6,11-18H2,1-4H3,(H2,24,25,26). The fourth-order valence-electron chi connectivity index (χ4n) is 3.66. The third-order valence-corrected chi connectivity index (χ3v) is 5.68. The van der Waals surface area contributed by atoms with Gasteiger partial charge in [-0.3, -0.25) is 4.99 Å². The molecule has 0 spiro atoms. The number of nitrogens with zero attached hydrogens (tertiary/aromatic N) is 2. The number of piperidine rings is 1. The van der Waals surface area contributed by atoms with E-state index in [-0.39, 0.29) is 0 Å². The Kier molecular flexibility index (Phi) is 10.4. The molecule has 28 heavy (non-hydrogen) atoms. The third-order valence-electron chi connectivity index (χ3n) is 5.68. The van der Waals surface area contributed by atoms with E-state index in [0.717, 1.165) is 51.0 Å². The molecule has 0 aromatic heterocycles. The van der Waals surface area contributed by atoms with E-state index in [1.165, 1.54) is 37.1 Å². The first-order valence-electron chi connectivity index (χ1n) is 10.9. The third kappa shape index (κ3) is 8.19. The number of aryl methyl sites for hydroxylation is 1. The lowest BCUT2D eigenvalue weighted by atomic mass is 9.97. The smallest absolute Gasteiger partial charge is 0.190 e. The number of nitrogens with one attached hydrogen (secondary N) is 2. The number of benzene rings is 1. The molecule has 1 aliphatic heterocycles. The van der Waals surface area contributed by atoms with Crippen molar-refractivity contribution in [3.63, 3.8) is 0 Å². The van der Waals surface area contributed by atoms with Gasteiger partial charge in [0.2, 0.25) is 0 Å². The van der Waals surface area contributed by atoms with Gasteiger partial charge in [-0.25, -0.2) is 0 Å². The summed E-state index contributed by atoms with van der Waals surface area (Å²) in [5.41, 5.74) is 2.82. The molecule has 0 radical (unpaired) electrons. The molecule has 158 valence electrons. The summed E-state index contributed by atoms with van der Waals surface area (Å²) in [6, 6.07) is 9.05. The molecule has 1 aromatic carbocycles. The van der Waals surface area contributed by atoms with Gasteiger partial charge in [0.05, 0.1) is 6.61 Å². The van der Waals surface area contributed by atoms with Crippen LogP contribution in [0.4, 0.5) is 0 Å². The largest absolute Gasteiger partial charge is 0.383 e. The molecule has 2 rings (SSSR count). The molecule has 0 amide bonds. The van der Waals surface area contributed by atoms with E-state index < -0.39 is 0 Å². The number of hydrogen-bond acceptors (Lipinski definition) is 3. The lowest BCUT2D eigenvalue weighted by Crippen LogP contribution is -2.43. The van der Waals surface area contributed by atoms with Gasteiger partial charge in [0.25, 0.3) is 0 Å². The first-order valence-corrected chi connectivity index (χ1v) is 10.9. The summed E-state index contributed by atoms with van der Waals surface area (Å²) < 4.78 is 5.18. The van der Waals surface area contributed by atoms with E-state index in [2.05, 4.69) is 58.6 Å². The Morgan fingerprint density at radius 3 is 2.50 bits per heavy atom. The molecule has 5 heteroatoms. The Balaban J connectivity index is 1.59. The first-order chi connectivity index (χ1) is 13.6. The minimum absolute atomic E-state index is 0.600. The number of rotatable bonds is 10. The van der Waals surface area contributed by atoms with Crippen LogP contribution in [0.3, 0.4) is 0 Å². The van der Waals surface area contributed by atoms with Gasteiger partial charge in [-0.2, -0.15) is 0 Å². The molecule has 1 aromatic rings. The van der Waals surface area contributed by atoms with Crippen LogP contribution in [0.25, 0.3) is 0 Å². The van der Waals surface area contributed by atoms with Crippen LogP contribution in [0.15, 0.2) is 29.3 Å². The summed E-state index contributed by atoms with van der Waals surface area (Å²) in [7, 11) is 3.63. The van der Waals surface area contributed by atoms with Gasteiger partial charge in [0, 0.05) is 33.8 Å². The van der Waals surface area contributed by atoms with Crippen LogP contribution in [-0.2, 0) is 11.2 Å². The molecule has 0 atom stereocenters. The van der Waals surface area contributed by atoms with Gasteiger partial charge in [-0.15, -0.1) is 0 Å². The quantitative estimate of drug-likeness (QED) is 0.367. The van der Waals surface area contributed by atoms with Crippen molar-refractivity contribution in [3.8, 4) is 0 Å². The van der Waals surface area contributed by atoms with E-state index in [9.17, 15) is 0 Å². The molecule has 0 bridgehead atoms. The lowest BCUT2D eigenvalue weighted by Gasteiger charge is -2.32. The number of likely N-dealkylation sites (tertiary alicyclic amines) is 1. The predicted octanol–water partition coefficient (Wildman–Crippen LogP) is 3.27. The van der Waals surface area contributed by atoms with Crippen LogP contribution >= 0.6 is 0 Å². The normalized spacial score (nSPS) is 16.5. The summed E-state index contributed by atoms with van der Waals surface area (Å²) in [5.74, 6) is 2.26. The molecule has 0 aliphatic carbocycles. The molecule has 1 saturated heterocycles. The minimum Gasteiger partial charge on any atom is -0.383 e. The molecule has 0 unspecified atom stereocenters. The fourth-order valence-corrected chi connectivity index (χ4v) is 3.66. The van der Waals surface area contributed by atoms with E-state index in [1.807, 2.05) is 7.05 Å². The van der Waals surface area contributed by atoms with Crippen molar-refractivity contribution in [2.75, 3.05) is 53.5 Å². The molecule has 1 heterocycles. The van der Waals surface area contributed by atoms with Crippen molar-refractivity contribution in [1.29, 1.82) is 0 Å². The zero-order valence-electron chi connectivity index (χ0n) is 18.3. The second-order valence-electron chi connectivity index (χ2n) is 8.16. The van der Waals surface area contributed by atoms with E-state index in [1.54, 1.807) is 7.11 Å². The zero-order valence-corrected chi connectivity index (χ0v) is 18.3. The van der Waals surface area contributed by atoms with Crippen molar-refractivity contribution in [3.05, 3.63) is 35.4 Å². The van der Waals surface area contributed by atoms with Crippen molar-refractivity contribution < 1.29 is 4.74 Å². The Morgan fingerprint density at radius 1 is 1.18 bits per heavy atom. The maximum Gasteiger partial charge on any atom is 0.190 e. The number of guanidine groups is 1. The maximum absolute atomic E-state index is 5.18. The summed E-state index contributed by atoms with van der Waals surface area (Å²) in [6.45, 7) is 10.7. The molecule has 5 nitrogen and oxygen atoms in total. The second-order valence-corrected chi connectivity index (χ2v) is 8.16. The van der Waals surface area contributed by atoms with E-state index in [0.29, 0.717) is 5.92 Å². The van der Waals surface area contributed by atoms with Gasteiger partial charge in [-0.05, 0) is 61.7 Å². The fraction of sp³-hybridized carbons (Fsp3) is 0.696. The van der Waals surface area contributed by atoms with Gasteiger partial charge in [0.1, 0.15) is 0 Å². The Bertz CT molecular complexity index is 562. The highest BCUT2D eigenvalue weighted by Gasteiger charge is 2.18. The number of hydrogen-bond donors (Lipinski definition) is 2. The predicted molar refractivity (Wildman–Crippen MR) is 119 cm³/mol. The van der Waals surface area contributed by atoms with Crippen LogP contribution < -0.4 is 10.6 Å². The molecule has 2 N–H and O–H groups in total. The Hall–Kier alpha value is -1.59. The topological polar surface area (TPSA) is 48.9 Å². The second kappa shape index (κ2) is 12.8. The van der Waals surface area contributed by atoms with Crippen LogP contribution in [-0.4, -0.2) is 64.3 Å². The van der Waals surface area contributed by atoms with Gasteiger partial charge in [-0.1, -0.05) is 38.1 Å². The number of methoxy groups -OCH3 is 1. The summed E-state index contributed by atoms with van der Waals surface area (Å²) in [5, 5.41) is 6.97.